The summed E-state index contributed by atoms with van der Waals surface area (Å²) in [6.45, 7) is 3.12. The maximum absolute atomic E-state index is 6.14. The predicted molar refractivity (Wildman–Crippen MR) is 66.5 cm³/mol. The molecule has 2 fully saturated rings. The van der Waals surface area contributed by atoms with Crippen LogP contribution in [0.1, 0.15) is 37.5 Å². The van der Waals surface area contributed by atoms with Crippen molar-refractivity contribution in [2.24, 2.45) is 5.73 Å². The van der Waals surface area contributed by atoms with Gasteiger partial charge in [0.05, 0.1) is 19.1 Å². The van der Waals surface area contributed by atoms with E-state index < -0.39 is 0 Å². The van der Waals surface area contributed by atoms with E-state index in [0.717, 1.165) is 39.1 Å². The summed E-state index contributed by atoms with van der Waals surface area (Å²) in [7, 11) is 0. The van der Waals surface area contributed by atoms with Crippen LogP contribution in [0, 0.1) is 0 Å². The Morgan fingerprint density at radius 2 is 1.94 bits per heavy atom. The summed E-state index contributed by atoms with van der Waals surface area (Å²) < 4.78 is 10.7. The lowest BCUT2D eigenvalue weighted by Crippen LogP contribution is -2.37. The molecular weight excluding hydrogens is 232 g/mol. The molecule has 100 valence electrons. The molecule has 1 aliphatic heterocycles. The van der Waals surface area contributed by atoms with Gasteiger partial charge in [0.2, 0.25) is 5.89 Å². The molecule has 1 aliphatic carbocycles. The molecule has 0 radical (unpaired) electrons. The third-order valence-corrected chi connectivity index (χ3v) is 3.86. The van der Waals surface area contributed by atoms with E-state index >= 15 is 0 Å². The van der Waals surface area contributed by atoms with Crippen molar-refractivity contribution in [3.8, 4) is 0 Å². The molecule has 2 N–H and O–H groups in total. The van der Waals surface area contributed by atoms with Crippen LogP contribution >= 0.6 is 0 Å². The number of ether oxygens (including phenoxy) is 1. The second-order valence-electron chi connectivity index (χ2n) is 5.09. The lowest BCUT2D eigenvalue weighted by Gasteiger charge is -2.26. The zero-order chi connectivity index (χ0) is 12.4. The first-order chi connectivity index (χ1) is 8.84. The van der Waals surface area contributed by atoms with Crippen LogP contribution in [0.3, 0.4) is 0 Å². The average Bonchev–Trinajstić information content (AvgIpc) is 2.90. The zero-order valence-corrected chi connectivity index (χ0v) is 10.5. The summed E-state index contributed by atoms with van der Waals surface area (Å²) in [5.41, 5.74) is 6.14. The summed E-state index contributed by atoms with van der Waals surface area (Å²) in [5, 5.41) is 4.08. The first-order valence-electron chi connectivity index (χ1n) is 6.76. The van der Waals surface area contributed by atoms with Gasteiger partial charge in [0, 0.05) is 19.1 Å². The maximum atomic E-state index is 6.14. The van der Waals surface area contributed by atoms with Crippen LogP contribution < -0.4 is 10.6 Å². The minimum Gasteiger partial charge on any atom is -0.378 e. The normalized spacial score (nSPS) is 29.5. The van der Waals surface area contributed by atoms with Crippen LogP contribution in [-0.2, 0) is 4.74 Å². The fraction of sp³-hybridized carbons (Fsp3) is 0.833. The number of anilines is 1. The number of morpholine rings is 1. The Hall–Kier alpha value is -1.14. The van der Waals surface area contributed by atoms with Gasteiger partial charge >= 0.3 is 0 Å². The highest BCUT2D eigenvalue weighted by Gasteiger charge is 2.29. The summed E-state index contributed by atoms with van der Waals surface area (Å²) in [5.74, 6) is 1.64. The molecule has 0 bridgehead atoms. The Morgan fingerprint density at radius 1 is 1.17 bits per heavy atom. The van der Waals surface area contributed by atoms with E-state index in [4.69, 9.17) is 15.0 Å². The van der Waals surface area contributed by atoms with Gasteiger partial charge in [-0.25, -0.2) is 0 Å². The second-order valence-corrected chi connectivity index (χ2v) is 5.09. The maximum Gasteiger partial charge on any atom is 0.266 e. The zero-order valence-electron chi connectivity index (χ0n) is 10.5. The summed E-state index contributed by atoms with van der Waals surface area (Å²) in [6, 6.07) is 0.164. The highest BCUT2D eigenvalue weighted by molar-refractivity contribution is 5.28. The smallest absolute Gasteiger partial charge is 0.266 e. The molecule has 6 nitrogen and oxygen atoms in total. The van der Waals surface area contributed by atoms with E-state index in [2.05, 4.69) is 15.0 Å². The minimum absolute atomic E-state index is 0.164. The van der Waals surface area contributed by atoms with Crippen molar-refractivity contribution in [2.45, 2.75) is 37.6 Å². The molecule has 6 heteroatoms. The Balaban J connectivity index is 1.71. The van der Waals surface area contributed by atoms with Gasteiger partial charge in [0.1, 0.15) is 0 Å². The minimum atomic E-state index is 0.164. The Morgan fingerprint density at radius 3 is 2.72 bits per heavy atom. The van der Waals surface area contributed by atoms with Crippen LogP contribution in [-0.4, -0.2) is 42.5 Å². The van der Waals surface area contributed by atoms with Crippen molar-refractivity contribution < 1.29 is 9.26 Å². The van der Waals surface area contributed by atoms with Crippen molar-refractivity contribution >= 4 is 5.95 Å². The van der Waals surface area contributed by atoms with Crippen LogP contribution in [0.2, 0.25) is 0 Å². The lowest BCUT2D eigenvalue weighted by atomic mass is 9.85. The molecule has 18 heavy (non-hydrogen) atoms. The standard InChI is InChI=1S/C12H20N4O2/c13-10-4-2-1-3-9(10)11-14-12(15-18-11)16-5-7-17-8-6-16/h9-10H,1-8,13H2. The number of hydrogen-bond acceptors (Lipinski definition) is 6. The molecule has 2 aliphatic rings. The molecule has 2 heterocycles. The molecule has 1 aromatic rings. The molecule has 2 atom stereocenters. The SMILES string of the molecule is NC1CCCCC1c1nc(N2CCOCC2)no1. The topological polar surface area (TPSA) is 77.4 Å². The van der Waals surface area contributed by atoms with E-state index in [-0.39, 0.29) is 12.0 Å². The highest BCUT2D eigenvalue weighted by Crippen LogP contribution is 2.31. The van der Waals surface area contributed by atoms with Gasteiger partial charge < -0.3 is 19.9 Å². The summed E-state index contributed by atoms with van der Waals surface area (Å²) in [6.07, 6.45) is 4.53. The van der Waals surface area contributed by atoms with Crippen molar-refractivity contribution in [3.05, 3.63) is 5.89 Å². The molecule has 3 rings (SSSR count). The molecule has 2 unspecified atom stereocenters. The number of rotatable bonds is 2. The first kappa shape index (κ1) is 11.9. The van der Waals surface area contributed by atoms with Gasteiger partial charge in [-0.1, -0.05) is 12.8 Å². The van der Waals surface area contributed by atoms with Gasteiger partial charge in [-0.2, -0.15) is 4.98 Å². The molecule has 1 saturated carbocycles. The lowest BCUT2D eigenvalue weighted by molar-refractivity contribution is 0.121. The van der Waals surface area contributed by atoms with Crippen LogP contribution in [0.5, 0.6) is 0 Å². The molecular formula is C12H20N4O2. The molecule has 0 aromatic carbocycles. The Labute approximate surface area is 106 Å². The van der Waals surface area contributed by atoms with Crippen LogP contribution in [0.15, 0.2) is 4.52 Å². The monoisotopic (exact) mass is 252 g/mol. The molecule has 0 spiro atoms. The molecule has 0 amide bonds. The van der Waals surface area contributed by atoms with E-state index in [1.807, 2.05) is 0 Å². The van der Waals surface area contributed by atoms with Crippen LogP contribution in [0.25, 0.3) is 0 Å². The second kappa shape index (κ2) is 5.24. The average molecular weight is 252 g/mol. The summed E-state index contributed by atoms with van der Waals surface area (Å²) in [4.78, 5) is 6.62. The quantitative estimate of drug-likeness (QED) is 0.842. The Bertz CT molecular complexity index is 389. The van der Waals surface area contributed by atoms with Crippen molar-refractivity contribution in [2.75, 3.05) is 31.2 Å². The number of hydrogen-bond donors (Lipinski definition) is 1. The largest absolute Gasteiger partial charge is 0.378 e. The number of nitrogens with zero attached hydrogens (tertiary/aromatic N) is 3. The van der Waals surface area contributed by atoms with Crippen molar-refractivity contribution in [1.82, 2.24) is 10.1 Å². The van der Waals surface area contributed by atoms with Crippen molar-refractivity contribution in [1.29, 1.82) is 0 Å². The molecule has 1 saturated heterocycles. The van der Waals surface area contributed by atoms with E-state index in [0.29, 0.717) is 11.8 Å². The van der Waals surface area contributed by atoms with Gasteiger partial charge in [0.15, 0.2) is 0 Å². The fourth-order valence-corrected chi connectivity index (χ4v) is 2.74. The van der Waals surface area contributed by atoms with Crippen LogP contribution in [0.4, 0.5) is 5.95 Å². The van der Waals surface area contributed by atoms with Gasteiger partial charge in [-0.15, -0.1) is 0 Å². The number of nitrogens with two attached hydrogens (primary N) is 1. The highest BCUT2D eigenvalue weighted by atomic mass is 16.5. The summed E-state index contributed by atoms with van der Waals surface area (Å²) >= 11 is 0. The van der Waals surface area contributed by atoms with E-state index in [9.17, 15) is 0 Å². The van der Waals surface area contributed by atoms with E-state index in [1.54, 1.807) is 0 Å². The van der Waals surface area contributed by atoms with Gasteiger partial charge in [-0.3, -0.25) is 0 Å². The Kier molecular flexibility index (Phi) is 3.47. The number of aromatic nitrogens is 2. The predicted octanol–water partition coefficient (Wildman–Crippen LogP) is 0.891. The molecule has 1 aromatic heterocycles. The third kappa shape index (κ3) is 2.35. The fourth-order valence-electron chi connectivity index (χ4n) is 2.74. The first-order valence-corrected chi connectivity index (χ1v) is 6.76. The third-order valence-electron chi connectivity index (χ3n) is 3.86. The van der Waals surface area contributed by atoms with E-state index in [1.165, 1.54) is 12.8 Å². The van der Waals surface area contributed by atoms with Gasteiger partial charge in [0.25, 0.3) is 5.95 Å². The van der Waals surface area contributed by atoms with Gasteiger partial charge in [-0.05, 0) is 18.0 Å². The van der Waals surface area contributed by atoms with Crippen molar-refractivity contribution in [3.63, 3.8) is 0 Å².